The first kappa shape index (κ1) is 19.6. The second kappa shape index (κ2) is 7.27. The molecule has 140 valence electrons. The number of carbonyl (C=O) groups excluding carboxylic acids is 1. The highest BCUT2D eigenvalue weighted by atomic mass is 32.2. The van der Waals surface area contributed by atoms with Gasteiger partial charge in [-0.05, 0) is 26.2 Å². The Labute approximate surface area is 144 Å². The molecule has 0 aromatic rings. The van der Waals surface area contributed by atoms with Crippen LogP contribution in [0.4, 0.5) is 0 Å². The van der Waals surface area contributed by atoms with Crippen LogP contribution < -0.4 is 0 Å². The summed E-state index contributed by atoms with van der Waals surface area (Å²) in [7, 11) is -3.50. The standard InChI is InChI=1S/C14H27N3O5S2/c1-4-17(13-7-10-23(19,20)11-13)14(18)12-5-8-16(9-6-12)24(21,22)15(2)3/h12-13H,4-11H2,1-3H3. The van der Waals surface area contributed by atoms with Gasteiger partial charge in [0, 0.05) is 45.7 Å². The van der Waals surface area contributed by atoms with Gasteiger partial charge < -0.3 is 4.90 Å². The fraction of sp³-hybridized carbons (Fsp3) is 0.929. The van der Waals surface area contributed by atoms with E-state index in [0.29, 0.717) is 38.9 Å². The minimum absolute atomic E-state index is 0.0403. The van der Waals surface area contributed by atoms with Gasteiger partial charge in [-0.25, -0.2) is 8.42 Å². The van der Waals surface area contributed by atoms with Crippen LogP contribution in [-0.2, 0) is 24.8 Å². The number of amides is 1. The van der Waals surface area contributed by atoms with E-state index in [9.17, 15) is 21.6 Å². The minimum atomic E-state index is -3.44. The maximum absolute atomic E-state index is 12.8. The summed E-state index contributed by atoms with van der Waals surface area (Å²) in [5.41, 5.74) is 0. The van der Waals surface area contributed by atoms with Gasteiger partial charge in [0.25, 0.3) is 10.2 Å². The molecule has 0 radical (unpaired) electrons. The first-order valence-electron chi connectivity index (χ1n) is 8.27. The minimum Gasteiger partial charge on any atom is -0.339 e. The van der Waals surface area contributed by atoms with Crippen LogP contribution in [0, 0.1) is 5.92 Å². The average molecular weight is 382 g/mol. The molecule has 8 nitrogen and oxygen atoms in total. The number of carbonyl (C=O) groups is 1. The smallest absolute Gasteiger partial charge is 0.281 e. The van der Waals surface area contributed by atoms with Gasteiger partial charge in [0.05, 0.1) is 11.5 Å². The Bertz CT molecular complexity index is 667. The van der Waals surface area contributed by atoms with Gasteiger partial charge in [-0.1, -0.05) is 0 Å². The molecule has 1 amide bonds. The van der Waals surface area contributed by atoms with Crippen LogP contribution in [0.3, 0.4) is 0 Å². The van der Waals surface area contributed by atoms with Crippen molar-refractivity contribution in [2.45, 2.75) is 32.2 Å². The van der Waals surface area contributed by atoms with E-state index in [1.54, 1.807) is 4.90 Å². The highest BCUT2D eigenvalue weighted by Crippen LogP contribution is 2.25. The molecule has 2 rings (SSSR count). The normalized spacial score (nSPS) is 25.9. The number of sulfone groups is 1. The molecule has 2 aliphatic rings. The van der Waals surface area contributed by atoms with E-state index in [2.05, 4.69) is 0 Å². The largest absolute Gasteiger partial charge is 0.339 e. The summed E-state index contributed by atoms with van der Waals surface area (Å²) in [6.45, 7) is 2.97. The van der Waals surface area contributed by atoms with Gasteiger partial charge in [-0.2, -0.15) is 17.0 Å². The lowest BCUT2D eigenvalue weighted by atomic mass is 9.95. The molecule has 0 saturated carbocycles. The number of piperidine rings is 1. The van der Waals surface area contributed by atoms with E-state index in [4.69, 9.17) is 0 Å². The number of hydrogen-bond acceptors (Lipinski definition) is 5. The Balaban J connectivity index is 1.99. The molecule has 0 aromatic heterocycles. The number of nitrogens with zero attached hydrogens (tertiary/aromatic N) is 3. The molecule has 2 heterocycles. The van der Waals surface area contributed by atoms with E-state index in [1.807, 2.05) is 6.92 Å². The van der Waals surface area contributed by atoms with Crippen LogP contribution in [0.2, 0.25) is 0 Å². The van der Waals surface area contributed by atoms with E-state index >= 15 is 0 Å². The van der Waals surface area contributed by atoms with Crippen LogP contribution >= 0.6 is 0 Å². The van der Waals surface area contributed by atoms with Gasteiger partial charge in [0.2, 0.25) is 5.91 Å². The third-order valence-electron chi connectivity index (χ3n) is 4.86. The van der Waals surface area contributed by atoms with E-state index in [0.717, 1.165) is 0 Å². The zero-order valence-electron chi connectivity index (χ0n) is 14.5. The Kier molecular flexibility index (Phi) is 5.94. The van der Waals surface area contributed by atoms with Crippen molar-refractivity contribution in [1.29, 1.82) is 0 Å². The second-order valence-electron chi connectivity index (χ2n) is 6.64. The maximum atomic E-state index is 12.8. The monoisotopic (exact) mass is 381 g/mol. The first-order chi connectivity index (χ1) is 11.1. The quantitative estimate of drug-likeness (QED) is 0.642. The van der Waals surface area contributed by atoms with E-state index in [1.165, 1.54) is 22.7 Å². The van der Waals surface area contributed by atoms with E-state index in [-0.39, 0.29) is 29.4 Å². The third-order valence-corrected chi connectivity index (χ3v) is 8.55. The van der Waals surface area contributed by atoms with E-state index < -0.39 is 20.0 Å². The molecule has 10 heteroatoms. The lowest BCUT2D eigenvalue weighted by Crippen LogP contribution is -2.49. The molecule has 0 N–H and O–H groups in total. The fourth-order valence-electron chi connectivity index (χ4n) is 3.41. The molecule has 0 aromatic carbocycles. The molecular weight excluding hydrogens is 354 g/mol. The summed E-state index contributed by atoms with van der Waals surface area (Å²) >= 11 is 0. The molecule has 2 aliphatic heterocycles. The number of hydrogen-bond donors (Lipinski definition) is 0. The summed E-state index contributed by atoms with van der Waals surface area (Å²) in [6.07, 6.45) is 1.44. The van der Waals surface area contributed by atoms with Crippen LogP contribution in [0.15, 0.2) is 0 Å². The fourth-order valence-corrected chi connectivity index (χ4v) is 6.28. The molecule has 0 aliphatic carbocycles. The van der Waals surface area contributed by atoms with Crippen molar-refractivity contribution in [3.63, 3.8) is 0 Å². The van der Waals surface area contributed by atoms with Crippen LogP contribution in [0.25, 0.3) is 0 Å². The highest BCUT2D eigenvalue weighted by molar-refractivity contribution is 7.91. The van der Waals surface area contributed by atoms with Crippen molar-refractivity contribution in [1.82, 2.24) is 13.5 Å². The van der Waals surface area contributed by atoms with Crippen molar-refractivity contribution in [3.8, 4) is 0 Å². The summed E-state index contributed by atoms with van der Waals surface area (Å²) in [5, 5.41) is 0. The third kappa shape index (κ3) is 4.09. The lowest BCUT2D eigenvalue weighted by Gasteiger charge is -2.36. The topological polar surface area (TPSA) is 95.1 Å². The lowest BCUT2D eigenvalue weighted by molar-refractivity contribution is -0.138. The Morgan fingerprint density at radius 2 is 1.75 bits per heavy atom. The molecule has 24 heavy (non-hydrogen) atoms. The molecule has 0 spiro atoms. The summed E-state index contributed by atoms with van der Waals surface area (Å²) in [6, 6.07) is -0.240. The first-order valence-corrected chi connectivity index (χ1v) is 11.5. The maximum Gasteiger partial charge on any atom is 0.281 e. The van der Waals surface area contributed by atoms with Gasteiger partial charge in [-0.15, -0.1) is 0 Å². The van der Waals surface area contributed by atoms with Gasteiger partial charge >= 0.3 is 0 Å². The Morgan fingerprint density at radius 1 is 1.17 bits per heavy atom. The summed E-state index contributed by atoms with van der Waals surface area (Å²) in [4.78, 5) is 14.4. The average Bonchev–Trinajstić information content (AvgIpc) is 2.87. The molecule has 0 bridgehead atoms. The van der Waals surface area contributed by atoms with Crippen LogP contribution in [0.1, 0.15) is 26.2 Å². The van der Waals surface area contributed by atoms with Crippen LogP contribution in [-0.4, -0.2) is 87.5 Å². The predicted molar refractivity (Wildman–Crippen MR) is 91.3 cm³/mol. The van der Waals surface area contributed by atoms with Crippen molar-refractivity contribution < 1.29 is 21.6 Å². The van der Waals surface area contributed by atoms with Crippen molar-refractivity contribution >= 4 is 26.0 Å². The van der Waals surface area contributed by atoms with Gasteiger partial charge in [-0.3, -0.25) is 4.79 Å². The molecule has 2 fully saturated rings. The highest BCUT2D eigenvalue weighted by Gasteiger charge is 2.38. The zero-order valence-corrected chi connectivity index (χ0v) is 16.1. The Morgan fingerprint density at radius 3 is 2.17 bits per heavy atom. The SMILES string of the molecule is CCN(C(=O)C1CCN(S(=O)(=O)N(C)C)CC1)C1CCS(=O)(=O)C1. The Hall–Kier alpha value is -0.710. The van der Waals surface area contributed by atoms with Crippen molar-refractivity contribution in [2.75, 3.05) is 45.2 Å². The second-order valence-corrected chi connectivity index (χ2v) is 11.0. The zero-order chi connectivity index (χ0) is 18.1. The molecule has 2 saturated heterocycles. The molecule has 1 atom stereocenters. The predicted octanol–water partition coefficient (Wildman–Crippen LogP) is -0.460. The van der Waals surface area contributed by atoms with Crippen molar-refractivity contribution in [2.24, 2.45) is 5.92 Å². The summed E-state index contributed by atoms with van der Waals surface area (Å²) < 4.78 is 50.1. The molecule has 1 unspecified atom stereocenters. The summed E-state index contributed by atoms with van der Waals surface area (Å²) in [5.74, 6) is -0.0927. The molecular formula is C14H27N3O5S2. The van der Waals surface area contributed by atoms with Gasteiger partial charge in [0.15, 0.2) is 9.84 Å². The van der Waals surface area contributed by atoms with Crippen LogP contribution in [0.5, 0.6) is 0 Å². The number of rotatable bonds is 5. The van der Waals surface area contributed by atoms with Crippen molar-refractivity contribution in [3.05, 3.63) is 0 Å². The van der Waals surface area contributed by atoms with Gasteiger partial charge in [0.1, 0.15) is 0 Å².